The van der Waals surface area contributed by atoms with Crippen molar-refractivity contribution >= 4 is 41.5 Å². The maximum absolute atomic E-state index is 12.2. The largest absolute Gasteiger partial charge is 0.384 e. The van der Waals surface area contributed by atoms with Crippen molar-refractivity contribution in [2.45, 2.75) is 13.3 Å². The fourth-order valence-electron chi connectivity index (χ4n) is 2.86. The molecule has 0 saturated carbocycles. The standard InChI is InChI=1S/C19H26N4O2.HI/c1-4-15-7-6-8-17(11-15)22-18(24)12-21-19(20-5-2)23-10-9-16(13-23)14-25-3;/h1,6-8,11,16H,5,9-10,12-14H2,2-3H3,(H,20,21)(H,22,24);1H. The van der Waals surface area contributed by atoms with Gasteiger partial charge in [0, 0.05) is 43.9 Å². The van der Waals surface area contributed by atoms with Gasteiger partial charge in [0.2, 0.25) is 5.91 Å². The number of guanidine groups is 1. The molecule has 2 N–H and O–H groups in total. The Labute approximate surface area is 172 Å². The van der Waals surface area contributed by atoms with Gasteiger partial charge in [-0.05, 0) is 31.5 Å². The van der Waals surface area contributed by atoms with Gasteiger partial charge in [-0.1, -0.05) is 12.0 Å². The lowest BCUT2D eigenvalue weighted by molar-refractivity contribution is -0.114. The molecule has 1 aromatic rings. The van der Waals surface area contributed by atoms with Crippen molar-refractivity contribution in [2.75, 3.05) is 45.2 Å². The van der Waals surface area contributed by atoms with Crippen LogP contribution in [0.2, 0.25) is 0 Å². The molecule has 1 aliphatic rings. The highest BCUT2D eigenvalue weighted by atomic mass is 127. The minimum absolute atomic E-state index is 0. The Bertz CT molecular complexity index is 657. The van der Waals surface area contributed by atoms with Gasteiger partial charge in [-0.3, -0.25) is 4.79 Å². The molecule has 7 heteroatoms. The summed E-state index contributed by atoms with van der Waals surface area (Å²) in [6, 6.07) is 7.21. The summed E-state index contributed by atoms with van der Waals surface area (Å²) in [4.78, 5) is 18.8. The van der Waals surface area contributed by atoms with Crippen LogP contribution in [0.25, 0.3) is 0 Å². The summed E-state index contributed by atoms with van der Waals surface area (Å²) in [7, 11) is 1.72. The second-order valence-corrected chi connectivity index (χ2v) is 6.00. The topological polar surface area (TPSA) is 66.0 Å². The zero-order valence-electron chi connectivity index (χ0n) is 15.3. The van der Waals surface area contributed by atoms with E-state index in [0.717, 1.165) is 44.2 Å². The van der Waals surface area contributed by atoms with E-state index in [1.807, 2.05) is 25.1 Å². The van der Waals surface area contributed by atoms with E-state index in [0.29, 0.717) is 11.6 Å². The van der Waals surface area contributed by atoms with Crippen molar-refractivity contribution in [3.63, 3.8) is 0 Å². The maximum atomic E-state index is 12.2. The highest BCUT2D eigenvalue weighted by molar-refractivity contribution is 14.0. The number of hydrogen-bond acceptors (Lipinski definition) is 3. The predicted molar refractivity (Wildman–Crippen MR) is 116 cm³/mol. The van der Waals surface area contributed by atoms with Gasteiger partial charge in [-0.25, -0.2) is 4.99 Å². The summed E-state index contributed by atoms with van der Waals surface area (Å²) >= 11 is 0. The Hall–Kier alpha value is -1.79. The Kier molecular flexibility index (Phi) is 10.1. The molecule has 1 saturated heterocycles. The Morgan fingerprint density at radius 2 is 2.31 bits per heavy atom. The van der Waals surface area contributed by atoms with E-state index in [-0.39, 0.29) is 36.4 Å². The molecular formula is C19H27IN4O2. The average Bonchev–Trinajstić information content (AvgIpc) is 3.07. The van der Waals surface area contributed by atoms with Crippen LogP contribution in [0.1, 0.15) is 18.9 Å². The van der Waals surface area contributed by atoms with Gasteiger partial charge in [0.25, 0.3) is 0 Å². The second-order valence-electron chi connectivity index (χ2n) is 6.00. The number of terminal acetylenes is 1. The molecule has 1 aromatic carbocycles. The van der Waals surface area contributed by atoms with Crippen LogP contribution in [0.3, 0.4) is 0 Å². The lowest BCUT2D eigenvalue weighted by Gasteiger charge is -2.21. The van der Waals surface area contributed by atoms with Crippen LogP contribution in [-0.2, 0) is 9.53 Å². The first-order valence-electron chi connectivity index (χ1n) is 8.55. The molecule has 1 fully saturated rings. The Balaban J connectivity index is 0.00000338. The summed E-state index contributed by atoms with van der Waals surface area (Å²) in [6.45, 7) is 5.41. The highest BCUT2D eigenvalue weighted by Crippen LogP contribution is 2.16. The maximum Gasteiger partial charge on any atom is 0.246 e. The third-order valence-electron chi connectivity index (χ3n) is 4.01. The molecule has 142 valence electrons. The number of amides is 1. The van der Waals surface area contributed by atoms with Gasteiger partial charge in [0.15, 0.2) is 5.96 Å². The van der Waals surface area contributed by atoms with Gasteiger partial charge < -0.3 is 20.3 Å². The number of anilines is 1. The van der Waals surface area contributed by atoms with Crippen molar-refractivity contribution in [2.24, 2.45) is 10.9 Å². The number of hydrogen-bond donors (Lipinski definition) is 2. The summed E-state index contributed by atoms with van der Waals surface area (Å²) in [5.41, 5.74) is 1.41. The molecule has 1 atom stereocenters. The first-order valence-corrected chi connectivity index (χ1v) is 8.55. The summed E-state index contributed by atoms with van der Waals surface area (Å²) in [6.07, 6.45) is 6.45. The van der Waals surface area contributed by atoms with Gasteiger partial charge in [-0.2, -0.15) is 0 Å². The molecule has 6 nitrogen and oxygen atoms in total. The van der Waals surface area contributed by atoms with Gasteiger partial charge in [0.1, 0.15) is 6.54 Å². The van der Waals surface area contributed by atoms with Crippen molar-refractivity contribution in [1.82, 2.24) is 10.2 Å². The van der Waals surface area contributed by atoms with Gasteiger partial charge >= 0.3 is 0 Å². The molecule has 1 amide bonds. The minimum Gasteiger partial charge on any atom is -0.384 e. The van der Waals surface area contributed by atoms with E-state index in [1.54, 1.807) is 13.2 Å². The van der Waals surface area contributed by atoms with E-state index in [9.17, 15) is 4.79 Å². The van der Waals surface area contributed by atoms with Crippen LogP contribution < -0.4 is 10.6 Å². The van der Waals surface area contributed by atoms with Gasteiger partial charge in [-0.15, -0.1) is 30.4 Å². The van der Waals surface area contributed by atoms with Crippen molar-refractivity contribution in [3.05, 3.63) is 29.8 Å². The van der Waals surface area contributed by atoms with E-state index < -0.39 is 0 Å². The quantitative estimate of drug-likeness (QED) is 0.290. The van der Waals surface area contributed by atoms with E-state index in [4.69, 9.17) is 11.2 Å². The second kappa shape index (κ2) is 11.8. The number of carbonyl (C=O) groups excluding carboxylic acids is 1. The molecule has 0 radical (unpaired) electrons. The Morgan fingerprint density at radius 3 is 3.00 bits per heavy atom. The third-order valence-corrected chi connectivity index (χ3v) is 4.01. The fourth-order valence-corrected chi connectivity index (χ4v) is 2.86. The third kappa shape index (κ3) is 6.84. The molecule has 1 heterocycles. The molecule has 0 aliphatic carbocycles. The number of nitrogens with zero attached hydrogens (tertiary/aromatic N) is 2. The van der Waals surface area contributed by atoms with E-state index in [2.05, 4.69) is 26.4 Å². The molecule has 0 spiro atoms. The lowest BCUT2D eigenvalue weighted by atomic mass is 10.1. The van der Waals surface area contributed by atoms with Crippen LogP contribution in [0, 0.1) is 18.3 Å². The number of carbonyl (C=O) groups is 1. The first kappa shape index (κ1) is 22.3. The molecule has 26 heavy (non-hydrogen) atoms. The minimum atomic E-state index is -0.169. The number of benzene rings is 1. The number of nitrogens with one attached hydrogen (secondary N) is 2. The van der Waals surface area contributed by atoms with Crippen LogP contribution in [0.4, 0.5) is 5.69 Å². The smallest absolute Gasteiger partial charge is 0.246 e. The zero-order chi connectivity index (χ0) is 18.1. The highest BCUT2D eigenvalue weighted by Gasteiger charge is 2.24. The van der Waals surface area contributed by atoms with Crippen LogP contribution in [0.5, 0.6) is 0 Å². The zero-order valence-corrected chi connectivity index (χ0v) is 17.7. The summed E-state index contributed by atoms with van der Waals surface area (Å²) < 4.78 is 5.23. The molecular weight excluding hydrogens is 443 g/mol. The molecule has 2 rings (SSSR count). The summed E-state index contributed by atoms with van der Waals surface area (Å²) in [5, 5.41) is 6.08. The fraction of sp³-hybridized carbons (Fsp3) is 0.474. The number of likely N-dealkylation sites (tertiary alicyclic amines) is 1. The number of methoxy groups -OCH3 is 1. The van der Waals surface area contributed by atoms with Crippen molar-refractivity contribution < 1.29 is 9.53 Å². The normalized spacial score (nSPS) is 16.6. The number of ether oxygens (including phenoxy) is 1. The monoisotopic (exact) mass is 470 g/mol. The van der Waals surface area contributed by atoms with E-state index >= 15 is 0 Å². The lowest BCUT2D eigenvalue weighted by Crippen LogP contribution is -2.40. The van der Waals surface area contributed by atoms with Crippen LogP contribution in [-0.4, -0.2) is 56.7 Å². The van der Waals surface area contributed by atoms with E-state index in [1.165, 1.54) is 0 Å². The van der Waals surface area contributed by atoms with Crippen LogP contribution in [0.15, 0.2) is 29.3 Å². The van der Waals surface area contributed by atoms with Gasteiger partial charge in [0.05, 0.1) is 6.61 Å². The van der Waals surface area contributed by atoms with Crippen molar-refractivity contribution in [3.8, 4) is 12.3 Å². The molecule has 1 aliphatic heterocycles. The summed E-state index contributed by atoms with van der Waals surface area (Å²) in [5.74, 6) is 3.66. The number of halogens is 1. The molecule has 0 aromatic heterocycles. The number of rotatable bonds is 6. The van der Waals surface area contributed by atoms with Crippen molar-refractivity contribution in [1.29, 1.82) is 0 Å². The Morgan fingerprint density at radius 1 is 1.50 bits per heavy atom. The average molecular weight is 470 g/mol. The number of aliphatic imine (C=N–C) groups is 1. The molecule has 0 bridgehead atoms. The first-order chi connectivity index (χ1) is 12.2. The SMILES string of the molecule is C#Cc1cccc(NC(=O)CN=C(NCC)N2CCC(COC)C2)c1.I. The van der Waals surface area contributed by atoms with Crippen LogP contribution >= 0.6 is 24.0 Å². The molecule has 1 unspecified atom stereocenters. The predicted octanol–water partition coefficient (Wildman–Crippen LogP) is 2.16.